The van der Waals surface area contributed by atoms with Crippen molar-refractivity contribution in [1.82, 2.24) is 5.32 Å². The molecular formula is C20H22ClF3N2O4S. The molecule has 2 aromatic rings. The molecular weight excluding hydrogens is 457 g/mol. The van der Waals surface area contributed by atoms with E-state index in [0.29, 0.717) is 22.7 Å². The highest BCUT2D eigenvalue weighted by Crippen LogP contribution is 2.36. The van der Waals surface area contributed by atoms with E-state index in [1.54, 1.807) is 31.2 Å². The number of rotatable bonds is 8. The second kappa shape index (κ2) is 9.78. The summed E-state index contributed by atoms with van der Waals surface area (Å²) < 4.78 is 69.5. The lowest BCUT2D eigenvalue weighted by molar-refractivity contribution is -0.137. The van der Waals surface area contributed by atoms with Gasteiger partial charge in [0.05, 0.1) is 35.2 Å². The highest BCUT2D eigenvalue weighted by Gasteiger charge is 2.33. The first-order valence-electron chi connectivity index (χ1n) is 9.19. The van der Waals surface area contributed by atoms with Gasteiger partial charge in [-0.05, 0) is 49.7 Å². The Kier molecular flexibility index (Phi) is 7.82. The normalized spacial score (nSPS) is 12.9. The van der Waals surface area contributed by atoms with Gasteiger partial charge in [0.1, 0.15) is 12.3 Å². The number of amides is 1. The number of nitrogens with zero attached hydrogens (tertiary/aromatic N) is 1. The van der Waals surface area contributed by atoms with Crippen LogP contribution in [0.5, 0.6) is 5.75 Å². The molecule has 2 aromatic carbocycles. The van der Waals surface area contributed by atoms with Crippen molar-refractivity contribution in [3.8, 4) is 5.75 Å². The zero-order chi connectivity index (χ0) is 23.4. The number of anilines is 1. The molecule has 0 spiro atoms. The van der Waals surface area contributed by atoms with Crippen LogP contribution in [0.1, 0.15) is 31.0 Å². The second-order valence-corrected chi connectivity index (χ2v) is 9.04. The van der Waals surface area contributed by atoms with E-state index in [2.05, 4.69) is 5.32 Å². The zero-order valence-electron chi connectivity index (χ0n) is 17.0. The average Bonchev–Trinajstić information content (AvgIpc) is 2.66. The maximum atomic E-state index is 13.1. The molecule has 0 aliphatic heterocycles. The third kappa shape index (κ3) is 6.76. The third-order valence-corrected chi connectivity index (χ3v) is 5.74. The van der Waals surface area contributed by atoms with E-state index in [4.69, 9.17) is 16.3 Å². The molecule has 0 aromatic heterocycles. The minimum absolute atomic E-state index is 0.231. The van der Waals surface area contributed by atoms with Crippen LogP contribution in [0.2, 0.25) is 5.02 Å². The molecule has 0 fully saturated rings. The van der Waals surface area contributed by atoms with E-state index in [-0.39, 0.29) is 5.02 Å². The quantitative estimate of drug-likeness (QED) is 0.610. The average molecular weight is 479 g/mol. The standard InChI is InChI=1S/C20H22ClF3N2O4S/c1-4-30-16-8-5-14(6-9-16)13(2)25-19(27)12-26(31(3,28)29)18-11-15(20(22,23)24)7-10-17(18)21/h5-11,13H,4,12H2,1-3H3,(H,25,27)/t13-/m1/s1. The molecule has 11 heteroatoms. The van der Waals surface area contributed by atoms with E-state index >= 15 is 0 Å². The Bertz CT molecular complexity index is 1030. The number of alkyl halides is 3. The summed E-state index contributed by atoms with van der Waals surface area (Å²) in [5.41, 5.74) is -0.772. The number of hydrogen-bond donors (Lipinski definition) is 1. The minimum atomic E-state index is -4.70. The lowest BCUT2D eigenvalue weighted by Crippen LogP contribution is -2.41. The lowest BCUT2D eigenvalue weighted by atomic mass is 10.1. The summed E-state index contributed by atoms with van der Waals surface area (Å²) in [7, 11) is -4.11. The zero-order valence-corrected chi connectivity index (χ0v) is 18.6. The molecule has 2 rings (SSSR count). The van der Waals surface area contributed by atoms with E-state index in [1.807, 2.05) is 6.92 Å². The van der Waals surface area contributed by atoms with Gasteiger partial charge in [-0.1, -0.05) is 23.7 Å². The molecule has 0 aliphatic carbocycles. The summed E-state index contributed by atoms with van der Waals surface area (Å²) in [5, 5.41) is 2.40. The Morgan fingerprint density at radius 3 is 2.32 bits per heavy atom. The van der Waals surface area contributed by atoms with Gasteiger partial charge in [-0.3, -0.25) is 9.10 Å². The molecule has 170 valence electrons. The molecule has 1 N–H and O–H groups in total. The Morgan fingerprint density at radius 2 is 1.81 bits per heavy atom. The van der Waals surface area contributed by atoms with Gasteiger partial charge in [-0.15, -0.1) is 0 Å². The van der Waals surface area contributed by atoms with Gasteiger partial charge in [0.15, 0.2) is 0 Å². The van der Waals surface area contributed by atoms with Gasteiger partial charge in [0.2, 0.25) is 15.9 Å². The summed E-state index contributed by atoms with van der Waals surface area (Å²) in [6.45, 7) is 3.31. The predicted octanol–water partition coefficient (Wildman–Crippen LogP) is 4.40. The first kappa shape index (κ1) is 24.8. The van der Waals surface area contributed by atoms with Crippen molar-refractivity contribution in [2.45, 2.75) is 26.1 Å². The number of nitrogens with one attached hydrogen (secondary N) is 1. The summed E-state index contributed by atoms with van der Waals surface area (Å²) in [4.78, 5) is 12.5. The van der Waals surface area contributed by atoms with Crippen LogP contribution in [0.3, 0.4) is 0 Å². The topological polar surface area (TPSA) is 75.7 Å². The van der Waals surface area contributed by atoms with Crippen molar-refractivity contribution < 1.29 is 31.1 Å². The second-order valence-electron chi connectivity index (χ2n) is 6.72. The number of halogens is 4. The summed E-state index contributed by atoms with van der Waals surface area (Å²) in [5.74, 6) is -0.0486. The Balaban J connectivity index is 2.23. The Morgan fingerprint density at radius 1 is 1.19 bits per heavy atom. The lowest BCUT2D eigenvalue weighted by Gasteiger charge is -2.25. The van der Waals surface area contributed by atoms with Crippen molar-refractivity contribution in [3.05, 3.63) is 58.6 Å². The fourth-order valence-corrected chi connectivity index (χ4v) is 3.91. The molecule has 0 unspecified atom stereocenters. The number of ether oxygens (including phenoxy) is 1. The van der Waals surface area contributed by atoms with Crippen LogP contribution in [-0.2, 0) is 21.0 Å². The van der Waals surface area contributed by atoms with Crippen LogP contribution >= 0.6 is 11.6 Å². The fraction of sp³-hybridized carbons (Fsp3) is 0.350. The molecule has 0 heterocycles. The van der Waals surface area contributed by atoms with Crippen LogP contribution in [-0.4, -0.2) is 33.7 Å². The van der Waals surface area contributed by atoms with Crippen LogP contribution in [0.15, 0.2) is 42.5 Å². The third-order valence-electron chi connectivity index (χ3n) is 4.30. The van der Waals surface area contributed by atoms with Crippen molar-refractivity contribution in [1.29, 1.82) is 0 Å². The van der Waals surface area contributed by atoms with Gasteiger partial charge in [0.25, 0.3) is 0 Å². The molecule has 0 saturated heterocycles. The van der Waals surface area contributed by atoms with Crippen molar-refractivity contribution in [2.24, 2.45) is 0 Å². The Hall–Kier alpha value is -2.46. The molecule has 0 radical (unpaired) electrons. The van der Waals surface area contributed by atoms with Crippen LogP contribution < -0.4 is 14.4 Å². The maximum absolute atomic E-state index is 13.1. The Labute approximate surface area is 184 Å². The number of carbonyl (C=O) groups excluding carboxylic acids is 1. The van der Waals surface area contributed by atoms with Crippen molar-refractivity contribution in [3.63, 3.8) is 0 Å². The van der Waals surface area contributed by atoms with Crippen LogP contribution in [0, 0.1) is 0 Å². The largest absolute Gasteiger partial charge is 0.494 e. The minimum Gasteiger partial charge on any atom is -0.494 e. The highest BCUT2D eigenvalue weighted by molar-refractivity contribution is 7.92. The first-order valence-corrected chi connectivity index (χ1v) is 11.4. The van der Waals surface area contributed by atoms with Crippen molar-refractivity contribution >= 4 is 33.2 Å². The number of carbonyl (C=O) groups is 1. The van der Waals surface area contributed by atoms with E-state index < -0.39 is 45.9 Å². The number of sulfonamides is 1. The van der Waals surface area contributed by atoms with Crippen LogP contribution in [0.4, 0.5) is 18.9 Å². The van der Waals surface area contributed by atoms with E-state index in [9.17, 15) is 26.4 Å². The molecule has 31 heavy (non-hydrogen) atoms. The molecule has 0 bridgehead atoms. The summed E-state index contributed by atoms with van der Waals surface area (Å²) >= 11 is 5.96. The molecule has 6 nitrogen and oxygen atoms in total. The highest BCUT2D eigenvalue weighted by atomic mass is 35.5. The fourth-order valence-electron chi connectivity index (χ4n) is 2.78. The van der Waals surface area contributed by atoms with Crippen molar-refractivity contribution in [2.75, 3.05) is 23.7 Å². The monoisotopic (exact) mass is 478 g/mol. The van der Waals surface area contributed by atoms with Gasteiger partial charge in [-0.2, -0.15) is 13.2 Å². The summed E-state index contributed by atoms with van der Waals surface area (Å²) in [6.07, 6.45) is -3.92. The number of benzene rings is 2. The molecule has 1 amide bonds. The maximum Gasteiger partial charge on any atom is 0.416 e. The predicted molar refractivity (Wildman–Crippen MR) is 113 cm³/mol. The van der Waals surface area contributed by atoms with Gasteiger partial charge < -0.3 is 10.1 Å². The first-order chi connectivity index (χ1) is 14.3. The van der Waals surface area contributed by atoms with E-state index in [1.165, 1.54) is 0 Å². The summed E-state index contributed by atoms with van der Waals surface area (Å²) in [6, 6.07) is 8.74. The smallest absolute Gasteiger partial charge is 0.416 e. The SMILES string of the molecule is CCOc1ccc([C@@H](C)NC(=O)CN(c2cc(C(F)(F)F)ccc2Cl)S(C)(=O)=O)cc1. The molecule has 1 atom stereocenters. The van der Waals surface area contributed by atoms with E-state index in [0.717, 1.165) is 24.0 Å². The van der Waals surface area contributed by atoms with Gasteiger partial charge in [-0.25, -0.2) is 8.42 Å². The van der Waals surface area contributed by atoms with Gasteiger partial charge in [0, 0.05) is 0 Å². The molecule has 0 aliphatic rings. The number of hydrogen-bond acceptors (Lipinski definition) is 4. The molecule has 0 saturated carbocycles. The van der Waals surface area contributed by atoms with Crippen LogP contribution in [0.25, 0.3) is 0 Å². The van der Waals surface area contributed by atoms with Gasteiger partial charge >= 0.3 is 6.18 Å².